The molecule has 0 aliphatic carbocycles. The van der Waals surface area contributed by atoms with E-state index in [1.54, 1.807) is 0 Å². The first-order valence-corrected chi connectivity index (χ1v) is 14.5. The zero-order valence-corrected chi connectivity index (χ0v) is 26.1. The Morgan fingerprint density at radius 3 is 2.10 bits per heavy atom. The van der Waals surface area contributed by atoms with Gasteiger partial charge in [-0.2, -0.15) is 0 Å². The number of aliphatic imine (C=N–C) groups is 2. The molecule has 2 nitrogen and oxygen atoms in total. The molecule has 0 saturated carbocycles. The number of benzene rings is 3. The Hall–Kier alpha value is -2.51. The Morgan fingerprint density at radius 1 is 0.744 bits per heavy atom. The molecule has 0 amide bonds. The minimum absolute atomic E-state index is 0. The summed E-state index contributed by atoms with van der Waals surface area (Å²) < 4.78 is 0. The van der Waals surface area contributed by atoms with E-state index >= 15 is 0 Å². The van der Waals surface area contributed by atoms with Crippen molar-refractivity contribution in [3.8, 4) is 11.1 Å². The first kappa shape index (κ1) is 34.5. The van der Waals surface area contributed by atoms with Crippen LogP contribution >= 0.6 is 0 Å². The van der Waals surface area contributed by atoms with Crippen LogP contribution in [0.5, 0.6) is 0 Å². The van der Waals surface area contributed by atoms with E-state index in [0.717, 1.165) is 42.8 Å². The molecule has 0 aliphatic rings. The normalized spacial score (nSPS) is 11.4. The number of nitrogens with zero attached hydrogens (tertiary/aromatic N) is 2. The molecule has 3 aromatic carbocycles. The van der Waals surface area contributed by atoms with Crippen molar-refractivity contribution in [2.24, 2.45) is 9.98 Å². The maximum atomic E-state index is 4.99. The summed E-state index contributed by atoms with van der Waals surface area (Å²) in [4.78, 5) is 9.90. The molecule has 0 saturated heterocycles. The molecule has 0 heterocycles. The molecular weight excluding hydrogens is 519 g/mol. The fourth-order valence-corrected chi connectivity index (χ4v) is 5.00. The standard InChI is InChI=1S/C35H46N2.CH3.Ni/c1-6-10-11-12-13-15-20-30-24-32(22-21-27(30)5)37-31(8-3)26-36-33-23-28(7-2)34(9-4)35(25-33)29-18-16-14-17-19-29;;/h14,16-19,21-26H,6-13,15,20H2,1-5H3;1H3;/q;-1;. The van der Waals surface area contributed by atoms with Crippen LogP contribution in [-0.4, -0.2) is 11.9 Å². The Bertz CT molecular complexity index is 1180. The van der Waals surface area contributed by atoms with Crippen molar-refractivity contribution in [1.29, 1.82) is 0 Å². The van der Waals surface area contributed by atoms with Crippen LogP contribution in [0.3, 0.4) is 0 Å². The number of rotatable bonds is 14. The van der Waals surface area contributed by atoms with Crippen LogP contribution in [0.2, 0.25) is 0 Å². The Morgan fingerprint density at radius 2 is 1.44 bits per heavy atom. The van der Waals surface area contributed by atoms with E-state index in [4.69, 9.17) is 9.98 Å². The van der Waals surface area contributed by atoms with Gasteiger partial charge in [-0.25, -0.2) is 0 Å². The average molecular weight is 568 g/mol. The molecule has 0 fully saturated rings. The minimum Gasteiger partial charge on any atom is -0.358 e. The van der Waals surface area contributed by atoms with E-state index in [9.17, 15) is 0 Å². The third-order valence-corrected chi connectivity index (χ3v) is 7.28. The zero-order valence-electron chi connectivity index (χ0n) is 25.1. The van der Waals surface area contributed by atoms with Gasteiger partial charge in [-0.1, -0.05) is 96.2 Å². The van der Waals surface area contributed by atoms with Gasteiger partial charge in [0.15, 0.2) is 0 Å². The summed E-state index contributed by atoms with van der Waals surface area (Å²) >= 11 is 0. The van der Waals surface area contributed by atoms with Gasteiger partial charge >= 0.3 is 0 Å². The van der Waals surface area contributed by atoms with Crippen molar-refractivity contribution in [2.75, 3.05) is 0 Å². The summed E-state index contributed by atoms with van der Waals surface area (Å²) in [6, 6.07) is 21.8. The zero-order chi connectivity index (χ0) is 26.5. The second-order valence-electron chi connectivity index (χ2n) is 10.0. The monoisotopic (exact) mass is 567 g/mol. The number of hydrogen-bond donors (Lipinski definition) is 0. The summed E-state index contributed by atoms with van der Waals surface area (Å²) in [6.45, 7) is 11.1. The van der Waals surface area contributed by atoms with Crippen molar-refractivity contribution in [1.82, 2.24) is 0 Å². The molecule has 0 unspecified atom stereocenters. The number of hydrogen-bond acceptors (Lipinski definition) is 2. The maximum absolute atomic E-state index is 4.99. The van der Waals surface area contributed by atoms with Crippen molar-refractivity contribution < 1.29 is 16.5 Å². The molecule has 3 rings (SSSR count). The summed E-state index contributed by atoms with van der Waals surface area (Å²) in [7, 11) is 0. The molecule has 0 radical (unpaired) electrons. The summed E-state index contributed by atoms with van der Waals surface area (Å²) in [5.41, 5.74) is 11.2. The van der Waals surface area contributed by atoms with Gasteiger partial charge in [0.1, 0.15) is 0 Å². The summed E-state index contributed by atoms with van der Waals surface area (Å²) in [6.07, 6.45) is 14.0. The molecule has 0 aromatic heterocycles. The van der Waals surface area contributed by atoms with Gasteiger partial charge < -0.3 is 7.43 Å². The minimum atomic E-state index is 0. The van der Waals surface area contributed by atoms with E-state index in [-0.39, 0.29) is 23.9 Å². The molecule has 0 N–H and O–H groups in total. The van der Waals surface area contributed by atoms with Crippen LogP contribution in [0.15, 0.2) is 70.6 Å². The second kappa shape index (κ2) is 18.7. The van der Waals surface area contributed by atoms with Crippen molar-refractivity contribution in [3.63, 3.8) is 0 Å². The largest absolute Gasteiger partial charge is 0.358 e. The molecule has 0 aliphatic heterocycles. The van der Waals surface area contributed by atoms with Crippen molar-refractivity contribution >= 4 is 23.3 Å². The van der Waals surface area contributed by atoms with Crippen LogP contribution in [0.25, 0.3) is 11.1 Å². The third kappa shape index (κ3) is 10.5. The number of aryl methyl sites for hydroxylation is 3. The predicted molar refractivity (Wildman–Crippen MR) is 171 cm³/mol. The molecule has 3 aromatic rings. The van der Waals surface area contributed by atoms with Gasteiger partial charge in [-0.3, -0.25) is 9.98 Å². The first-order valence-electron chi connectivity index (χ1n) is 14.5. The Labute approximate surface area is 249 Å². The Balaban J connectivity index is 0.00000380. The van der Waals surface area contributed by atoms with Crippen LogP contribution in [0.1, 0.15) is 94.9 Å². The third-order valence-electron chi connectivity index (χ3n) is 7.28. The van der Waals surface area contributed by atoms with E-state index < -0.39 is 0 Å². The van der Waals surface area contributed by atoms with Crippen LogP contribution in [0.4, 0.5) is 11.4 Å². The van der Waals surface area contributed by atoms with Gasteiger partial charge in [-0.15, -0.1) is 0 Å². The SMILES string of the molecule is CCCCCCCCc1cc(N=C(C=Nc2cc(CC)c(CC)c(-c3ccccc3)c2)CC)ccc1C.[CH3-].[Ni]. The van der Waals surface area contributed by atoms with Gasteiger partial charge in [0.05, 0.1) is 17.1 Å². The van der Waals surface area contributed by atoms with E-state index in [0.29, 0.717) is 0 Å². The van der Waals surface area contributed by atoms with Gasteiger partial charge in [0.2, 0.25) is 0 Å². The molecular formula is C36H49N2Ni-. The van der Waals surface area contributed by atoms with Crippen molar-refractivity contribution in [3.05, 3.63) is 90.3 Å². The molecule has 0 spiro atoms. The van der Waals surface area contributed by atoms with Gasteiger partial charge in [0.25, 0.3) is 0 Å². The quantitative estimate of drug-likeness (QED) is 0.0800. The molecule has 3 heteroatoms. The van der Waals surface area contributed by atoms with Gasteiger partial charge in [0, 0.05) is 22.7 Å². The number of unbranched alkanes of at least 4 members (excludes halogenated alkanes) is 5. The van der Waals surface area contributed by atoms with Gasteiger partial charge in [-0.05, 0) is 96.7 Å². The van der Waals surface area contributed by atoms with E-state index in [1.807, 2.05) is 6.21 Å². The maximum Gasteiger partial charge on any atom is 0.0639 e. The molecule has 0 bridgehead atoms. The predicted octanol–water partition coefficient (Wildman–Crippen LogP) is 11.0. The Kier molecular flexibility index (Phi) is 16.6. The second-order valence-corrected chi connectivity index (χ2v) is 10.0. The molecule has 0 atom stereocenters. The van der Waals surface area contributed by atoms with Crippen molar-refractivity contribution in [2.45, 2.75) is 98.8 Å². The van der Waals surface area contributed by atoms with Crippen LogP contribution in [-0.2, 0) is 35.8 Å². The van der Waals surface area contributed by atoms with Crippen LogP contribution < -0.4 is 0 Å². The smallest absolute Gasteiger partial charge is 0.0639 e. The van der Waals surface area contributed by atoms with E-state index in [2.05, 4.69) is 95.3 Å². The van der Waals surface area contributed by atoms with E-state index in [1.165, 1.54) is 71.9 Å². The average Bonchev–Trinajstić information content (AvgIpc) is 2.94. The molecule has 39 heavy (non-hydrogen) atoms. The van der Waals surface area contributed by atoms with Crippen LogP contribution in [0, 0.1) is 14.4 Å². The fraction of sp³-hybridized carbons (Fsp3) is 0.417. The summed E-state index contributed by atoms with van der Waals surface area (Å²) in [5, 5.41) is 0. The fourth-order valence-electron chi connectivity index (χ4n) is 5.00. The topological polar surface area (TPSA) is 24.7 Å². The summed E-state index contributed by atoms with van der Waals surface area (Å²) in [5.74, 6) is 0. The first-order chi connectivity index (χ1) is 18.1. The molecule has 214 valence electrons.